The van der Waals surface area contributed by atoms with Crippen LogP contribution in [-0.4, -0.2) is 55.7 Å². The van der Waals surface area contributed by atoms with E-state index in [1.807, 2.05) is 60.7 Å². The number of nitrogens with zero attached hydrogens (tertiary/aromatic N) is 4. The molecule has 0 spiro atoms. The van der Waals surface area contributed by atoms with Gasteiger partial charge in [0.25, 0.3) is 0 Å². The van der Waals surface area contributed by atoms with Crippen molar-refractivity contribution < 1.29 is 9.59 Å². The van der Waals surface area contributed by atoms with Crippen molar-refractivity contribution in [3.8, 4) is 0 Å². The maximum atomic E-state index is 13.6. The molecule has 0 unspecified atom stereocenters. The average Bonchev–Trinajstić information content (AvgIpc) is 3.14. The lowest BCUT2D eigenvalue weighted by Crippen LogP contribution is -2.63. The number of fused-ring (bicyclic) bond motifs is 1. The van der Waals surface area contributed by atoms with E-state index in [-0.39, 0.29) is 24.0 Å². The van der Waals surface area contributed by atoms with Crippen LogP contribution in [0.4, 0.5) is 9.59 Å². The van der Waals surface area contributed by atoms with E-state index in [1.165, 1.54) is 19.6 Å². The predicted octanol–water partition coefficient (Wildman–Crippen LogP) is 4.95. The van der Waals surface area contributed by atoms with E-state index in [1.54, 1.807) is 0 Å². The molecule has 0 N–H and O–H groups in total. The number of benzene rings is 2. The molecule has 0 atom stereocenters. The first-order valence-electron chi connectivity index (χ1n) is 9.10. The first kappa shape index (κ1) is 21.4. The number of amides is 4. The fraction of sp³-hybridized carbons (Fsp3) is 0.300. The molecule has 0 radical (unpaired) electrons. The second kappa shape index (κ2) is 8.00. The minimum absolute atomic E-state index is 0.188. The van der Waals surface area contributed by atoms with Gasteiger partial charge >= 0.3 is 12.1 Å². The first-order valence-corrected chi connectivity index (χ1v) is 11.2. The Morgan fingerprint density at radius 3 is 1.03 bits per heavy atom. The molecular weight excluding hydrogens is 470 g/mol. The Bertz CT molecular complexity index is 841. The Hall–Kier alpha value is -1.86. The van der Waals surface area contributed by atoms with E-state index < -0.39 is 23.4 Å². The van der Waals surface area contributed by atoms with Crippen LogP contribution in [0.15, 0.2) is 60.7 Å². The summed E-state index contributed by atoms with van der Waals surface area (Å²) in [5.74, 6) is 0. The summed E-state index contributed by atoms with van der Waals surface area (Å²) in [6.07, 6.45) is 0. The van der Waals surface area contributed by atoms with Crippen molar-refractivity contribution in [3.63, 3.8) is 0 Å². The van der Waals surface area contributed by atoms with Gasteiger partial charge in [-0.2, -0.15) is 0 Å². The largest absolute Gasteiger partial charge is 0.326 e. The second-order valence-corrected chi connectivity index (χ2v) is 7.79. The Morgan fingerprint density at radius 2 is 0.800 bits per heavy atom. The monoisotopic (exact) mass is 486 g/mol. The number of halogens is 4. The highest BCUT2D eigenvalue weighted by Crippen LogP contribution is 2.62. The van der Waals surface area contributed by atoms with E-state index >= 15 is 0 Å². The van der Waals surface area contributed by atoms with Gasteiger partial charge in [-0.05, 0) is 0 Å². The number of carbonyl (C=O) groups excluding carboxylic acids is 2. The average molecular weight is 488 g/mol. The SMILES string of the molecule is O=C1N(CCl)C2(c3ccccc3)N(CCl)C(=O)N(CCl)C2(c2ccccc2)N1CCl. The molecule has 0 aliphatic carbocycles. The third-order valence-electron chi connectivity index (χ3n) is 5.80. The lowest BCUT2D eigenvalue weighted by atomic mass is 9.80. The van der Waals surface area contributed by atoms with Crippen molar-refractivity contribution >= 4 is 58.5 Å². The molecule has 30 heavy (non-hydrogen) atoms. The molecule has 0 saturated carbocycles. The zero-order valence-electron chi connectivity index (χ0n) is 15.7. The van der Waals surface area contributed by atoms with Gasteiger partial charge in [-0.25, -0.2) is 9.59 Å². The smallest absolute Gasteiger partial charge is 0.279 e. The summed E-state index contributed by atoms with van der Waals surface area (Å²) in [7, 11) is 0. The van der Waals surface area contributed by atoms with E-state index in [0.29, 0.717) is 11.1 Å². The van der Waals surface area contributed by atoms with Crippen LogP contribution in [0.25, 0.3) is 0 Å². The number of carbonyl (C=O) groups is 2. The summed E-state index contributed by atoms with van der Waals surface area (Å²) in [6, 6.07) is 16.8. The van der Waals surface area contributed by atoms with Crippen molar-refractivity contribution in [2.24, 2.45) is 0 Å². The highest BCUT2D eigenvalue weighted by Gasteiger charge is 2.79. The fourth-order valence-electron chi connectivity index (χ4n) is 4.81. The van der Waals surface area contributed by atoms with Gasteiger partial charge in [-0.15, -0.1) is 46.4 Å². The van der Waals surface area contributed by atoms with Crippen LogP contribution in [0.5, 0.6) is 0 Å². The minimum Gasteiger partial charge on any atom is -0.279 e. The van der Waals surface area contributed by atoms with Crippen molar-refractivity contribution in [2.75, 3.05) is 24.0 Å². The van der Waals surface area contributed by atoms with Gasteiger partial charge in [-0.1, -0.05) is 60.7 Å². The van der Waals surface area contributed by atoms with Crippen LogP contribution in [0.3, 0.4) is 0 Å². The standard InChI is InChI=1S/C20H18Cl4N4O2/c21-11-25-17(29)27(13-23)20(16-9-5-2-6-10-16)19(25,15-7-3-1-4-8-15)26(12-22)18(30)28(20)14-24/h1-10H,11-14H2. The molecule has 158 valence electrons. The molecule has 2 heterocycles. The maximum absolute atomic E-state index is 13.6. The summed E-state index contributed by atoms with van der Waals surface area (Å²) in [4.78, 5) is 32.9. The predicted molar refractivity (Wildman–Crippen MR) is 117 cm³/mol. The zero-order chi connectivity index (χ0) is 21.5. The third-order valence-corrected chi connectivity index (χ3v) is 6.76. The first-order chi connectivity index (χ1) is 14.6. The quantitative estimate of drug-likeness (QED) is 0.427. The molecule has 2 aromatic carbocycles. The number of urea groups is 2. The topological polar surface area (TPSA) is 47.1 Å². The zero-order valence-corrected chi connectivity index (χ0v) is 18.7. The van der Waals surface area contributed by atoms with Crippen LogP contribution in [-0.2, 0) is 11.3 Å². The van der Waals surface area contributed by atoms with Gasteiger partial charge in [0.1, 0.15) is 24.0 Å². The van der Waals surface area contributed by atoms with E-state index in [0.717, 1.165) is 0 Å². The third kappa shape index (κ3) is 2.39. The number of hydrogen-bond acceptors (Lipinski definition) is 2. The van der Waals surface area contributed by atoms with Gasteiger partial charge in [0, 0.05) is 11.1 Å². The molecule has 2 aliphatic rings. The molecule has 2 aliphatic heterocycles. The van der Waals surface area contributed by atoms with Crippen LogP contribution in [0.1, 0.15) is 11.1 Å². The summed E-state index contributed by atoms with van der Waals surface area (Å²) in [5.41, 5.74) is -1.46. The lowest BCUT2D eigenvalue weighted by Gasteiger charge is -2.49. The molecule has 10 heteroatoms. The van der Waals surface area contributed by atoms with Gasteiger partial charge in [0.2, 0.25) is 0 Å². The van der Waals surface area contributed by atoms with E-state index in [2.05, 4.69) is 0 Å². The fourth-order valence-corrected chi connectivity index (χ4v) is 5.91. The molecule has 2 aromatic rings. The number of rotatable bonds is 6. The molecule has 4 rings (SSSR count). The minimum atomic E-state index is -1.39. The Morgan fingerprint density at radius 1 is 0.533 bits per heavy atom. The van der Waals surface area contributed by atoms with Crippen LogP contribution >= 0.6 is 46.4 Å². The maximum Gasteiger partial charge on any atom is 0.326 e. The van der Waals surface area contributed by atoms with E-state index in [9.17, 15) is 9.59 Å². The van der Waals surface area contributed by atoms with Crippen molar-refractivity contribution in [3.05, 3.63) is 71.8 Å². The Balaban J connectivity index is 2.21. The normalized spacial score (nSPS) is 26.0. The highest BCUT2D eigenvalue weighted by molar-refractivity contribution is 6.22. The van der Waals surface area contributed by atoms with Crippen molar-refractivity contribution in [2.45, 2.75) is 11.3 Å². The van der Waals surface area contributed by atoms with Gasteiger partial charge in [0.15, 0.2) is 11.3 Å². The molecule has 4 amide bonds. The number of hydrogen-bond donors (Lipinski definition) is 0. The molecular formula is C20H18Cl4N4O2. The summed E-state index contributed by atoms with van der Waals surface area (Å²) < 4.78 is 0. The Kier molecular flexibility index (Phi) is 5.70. The van der Waals surface area contributed by atoms with E-state index in [4.69, 9.17) is 46.4 Å². The Labute approximate surface area is 194 Å². The highest BCUT2D eigenvalue weighted by atomic mass is 35.5. The number of alkyl halides is 4. The van der Waals surface area contributed by atoms with Crippen LogP contribution in [0.2, 0.25) is 0 Å². The van der Waals surface area contributed by atoms with Crippen LogP contribution < -0.4 is 0 Å². The van der Waals surface area contributed by atoms with Gasteiger partial charge in [0.05, 0.1) is 0 Å². The molecule has 0 aromatic heterocycles. The second-order valence-electron chi connectivity index (χ2n) is 6.83. The summed E-state index contributed by atoms with van der Waals surface area (Å²) in [6.45, 7) is 0. The molecule has 2 fully saturated rings. The lowest BCUT2D eigenvalue weighted by molar-refractivity contribution is -0.0569. The summed E-state index contributed by atoms with van der Waals surface area (Å²) >= 11 is 25.4. The van der Waals surface area contributed by atoms with Crippen LogP contribution in [0, 0.1) is 0 Å². The van der Waals surface area contributed by atoms with Gasteiger partial charge < -0.3 is 0 Å². The van der Waals surface area contributed by atoms with Gasteiger partial charge in [-0.3, -0.25) is 19.6 Å². The van der Waals surface area contributed by atoms with Crippen molar-refractivity contribution in [1.82, 2.24) is 19.6 Å². The molecule has 2 saturated heterocycles. The summed E-state index contributed by atoms with van der Waals surface area (Å²) in [5, 5.41) is 0. The van der Waals surface area contributed by atoms with Crippen molar-refractivity contribution in [1.29, 1.82) is 0 Å². The molecule has 6 nitrogen and oxygen atoms in total. The molecule has 0 bridgehead atoms.